The molecule has 0 aliphatic heterocycles. The van der Waals surface area contributed by atoms with Crippen LogP contribution in [0.5, 0.6) is 0 Å². The smallest absolute Gasteiger partial charge is 0.341 e. The van der Waals surface area contributed by atoms with Crippen LogP contribution < -0.4 is 10.9 Å². The van der Waals surface area contributed by atoms with Gasteiger partial charge in [-0.2, -0.15) is 13.2 Å². The summed E-state index contributed by atoms with van der Waals surface area (Å²) in [5, 5.41) is 2.76. The van der Waals surface area contributed by atoms with Crippen molar-refractivity contribution >= 4 is 5.91 Å². The topological polar surface area (TPSA) is 62.0 Å². The fourth-order valence-corrected chi connectivity index (χ4v) is 2.98. The number of carbonyl (C=O) groups is 1. The molecule has 150 valence electrons. The van der Waals surface area contributed by atoms with Crippen LogP contribution in [0.2, 0.25) is 0 Å². The van der Waals surface area contributed by atoms with Crippen LogP contribution in [0.1, 0.15) is 45.7 Å². The van der Waals surface area contributed by atoms with Gasteiger partial charge >= 0.3 is 6.18 Å². The van der Waals surface area contributed by atoms with E-state index in [2.05, 4.69) is 5.32 Å². The molecule has 7 heteroatoms. The number of aromatic amines is 1. The average molecular weight is 400 g/mol. The fraction of sp³-hybridized carbons (Fsp3) is 0.182. The first-order chi connectivity index (χ1) is 13.8. The molecule has 3 aromatic rings. The number of benzene rings is 2. The van der Waals surface area contributed by atoms with E-state index in [1.807, 2.05) is 61.5 Å². The maximum atomic E-state index is 12.7. The lowest BCUT2D eigenvalue weighted by atomic mass is 9.97. The van der Waals surface area contributed by atoms with Crippen molar-refractivity contribution in [3.63, 3.8) is 0 Å². The molecule has 2 N–H and O–H groups in total. The Kier molecular flexibility index (Phi) is 5.87. The van der Waals surface area contributed by atoms with Gasteiger partial charge in [0.15, 0.2) is 0 Å². The van der Waals surface area contributed by atoms with Crippen LogP contribution in [0.3, 0.4) is 0 Å². The predicted octanol–water partition coefficient (Wildman–Crippen LogP) is 4.48. The third-order valence-electron chi connectivity index (χ3n) is 4.59. The van der Waals surface area contributed by atoms with Gasteiger partial charge in [-0.25, -0.2) is 0 Å². The Morgan fingerprint density at radius 3 is 2.14 bits per heavy atom. The molecule has 0 radical (unpaired) electrons. The molecule has 1 heterocycles. The van der Waals surface area contributed by atoms with Crippen LogP contribution in [0, 0.1) is 0 Å². The molecule has 0 aliphatic carbocycles. The van der Waals surface area contributed by atoms with E-state index in [4.69, 9.17) is 0 Å². The van der Waals surface area contributed by atoms with Gasteiger partial charge in [-0.3, -0.25) is 9.59 Å². The Bertz CT molecular complexity index is 1040. The fourth-order valence-electron chi connectivity index (χ4n) is 2.98. The van der Waals surface area contributed by atoms with Gasteiger partial charge in [0.05, 0.1) is 6.04 Å². The van der Waals surface area contributed by atoms with Crippen molar-refractivity contribution < 1.29 is 18.0 Å². The van der Waals surface area contributed by atoms with Crippen molar-refractivity contribution in [2.24, 2.45) is 0 Å². The molecule has 0 aliphatic rings. The van der Waals surface area contributed by atoms with Crippen molar-refractivity contribution in [1.29, 1.82) is 0 Å². The van der Waals surface area contributed by atoms with Crippen molar-refractivity contribution in [2.75, 3.05) is 0 Å². The number of aromatic nitrogens is 1. The summed E-state index contributed by atoms with van der Waals surface area (Å²) in [6.07, 6.45) is -3.83. The first kappa shape index (κ1) is 20.4. The monoisotopic (exact) mass is 400 g/mol. The van der Waals surface area contributed by atoms with E-state index in [9.17, 15) is 22.8 Å². The standard InChI is InChI=1S/C22H19F3N2O2/c1-2-14-8-10-16(11-9-14)19(15-6-4-3-5-7-15)27-21(29)17-12-13-18(22(23,24)25)26-20(17)28/h3-13,19H,2H2,1H3,(H,26,28)(H,27,29). The number of aryl methyl sites for hydroxylation is 1. The summed E-state index contributed by atoms with van der Waals surface area (Å²) >= 11 is 0. The van der Waals surface area contributed by atoms with E-state index in [0.717, 1.165) is 29.2 Å². The first-order valence-electron chi connectivity index (χ1n) is 9.04. The van der Waals surface area contributed by atoms with E-state index in [1.54, 1.807) is 4.98 Å². The summed E-state index contributed by atoms with van der Waals surface area (Å²) in [6.45, 7) is 2.03. The third kappa shape index (κ3) is 4.74. The maximum Gasteiger partial charge on any atom is 0.431 e. The molecule has 1 amide bonds. The Hall–Kier alpha value is -3.35. The largest absolute Gasteiger partial charge is 0.431 e. The van der Waals surface area contributed by atoms with Gasteiger partial charge in [0, 0.05) is 0 Å². The van der Waals surface area contributed by atoms with E-state index >= 15 is 0 Å². The lowest BCUT2D eigenvalue weighted by molar-refractivity contribution is -0.141. The third-order valence-corrected chi connectivity index (χ3v) is 4.59. The Labute approximate surface area is 165 Å². The highest BCUT2D eigenvalue weighted by Crippen LogP contribution is 2.27. The number of rotatable bonds is 5. The molecule has 1 atom stereocenters. The minimum atomic E-state index is -4.69. The van der Waals surface area contributed by atoms with E-state index in [-0.39, 0.29) is 5.56 Å². The summed E-state index contributed by atoms with van der Waals surface area (Å²) in [4.78, 5) is 26.5. The molecule has 1 aromatic heterocycles. The molecule has 0 fully saturated rings. The lowest BCUT2D eigenvalue weighted by Gasteiger charge is -2.20. The SMILES string of the molecule is CCc1ccc(C(NC(=O)c2ccc(C(F)(F)F)[nH]c2=O)c2ccccc2)cc1. The van der Waals surface area contributed by atoms with Gasteiger partial charge < -0.3 is 10.3 Å². The first-order valence-corrected chi connectivity index (χ1v) is 9.04. The zero-order valence-electron chi connectivity index (χ0n) is 15.6. The van der Waals surface area contributed by atoms with Crippen LogP contribution >= 0.6 is 0 Å². The lowest BCUT2D eigenvalue weighted by Crippen LogP contribution is -2.34. The van der Waals surface area contributed by atoms with Gasteiger partial charge in [-0.05, 0) is 35.2 Å². The van der Waals surface area contributed by atoms with Crippen molar-refractivity contribution in [3.05, 3.63) is 105 Å². The second-order valence-corrected chi connectivity index (χ2v) is 6.52. The molecule has 0 bridgehead atoms. The summed E-state index contributed by atoms with van der Waals surface area (Å²) in [5.41, 5.74) is 0.0352. The highest BCUT2D eigenvalue weighted by molar-refractivity contribution is 5.94. The van der Waals surface area contributed by atoms with Gasteiger partial charge in [-0.1, -0.05) is 61.5 Å². The van der Waals surface area contributed by atoms with Crippen LogP contribution in [-0.4, -0.2) is 10.9 Å². The quantitative estimate of drug-likeness (QED) is 0.664. The van der Waals surface area contributed by atoms with E-state index in [0.29, 0.717) is 6.07 Å². The van der Waals surface area contributed by atoms with E-state index in [1.165, 1.54) is 0 Å². The number of halogens is 3. The van der Waals surface area contributed by atoms with Crippen molar-refractivity contribution in [1.82, 2.24) is 10.3 Å². The second kappa shape index (κ2) is 8.34. The zero-order chi connectivity index (χ0) is 21.0. The maximum absolute atomic E-state index is 12.7. The van der Waals surface area contributed by atoms with Crippen LogP contribution in [0.25, 0.3) is 0 Å². The average Bonchev–Trinajstić information content (AvgIpc) is 2.72. The molecular weight excluding hydrogens is 381 g/mol. The van der Waals surface area contributed by atoms with Gasteiger partial charge in [0.2, 0.25) is 0 Å². The molecule has 29 heavy (non-hydrogen) atoms. The molecule has 0 saturated heterocycles. The summed E-state index contributed by atoms with van der Waals surface area (Å²) in [7, 11) is 0. The molecule has 0 saturated carbocycles. The number of alkyl halides is 3. The summed E-state index contributed by atoms with van der Waals surface area (Å²) < 4.78 is 38.2. The zero-order valence-corrected chi connectivity index (χ0v) is 15.6. The normalized spacial score (nSPS) is 12.4. The molecule has 0 spiro atoms. The predicted molar refractivity (Wildman–Crippen MR) is 104 cm³/mol. The van der Waals surface area contributed by atoms with E-state index < -0.39 is 29.4 Å². The highest BCUT2D eigenvalue weighted by atomic mass is 19.4. The number of nitrogens with one attached hydrogen (secondary N) is 2. The van der Waals surface area contributed by atoms with Crippen LogP contribution in [0.15, 0.2) is 71.5 Å². The minimum absolute atomic E-state index is 0.385. The Morgan fingerprint density at radius 2 is 1.59 bits per heavy atom. The van der Waals surface area contributed by atoms with Crippen molar-refractivity contribution in [3.8, 4) is 0 Å². The number of carbonyl (C=O) groups excluding carboxylic acids is 1. The Balaban J connectivity index is 1.93. The number of hydrogen-bond acceptors (Lipinski definition) is 2. The summed E-state index contributed by atoms with van der Waals surface area (Å²) in [6, 6.07) is 17.8. The molecule has 1 unspecified atom stereocenters. The van der Waals surface area contributed by atoms with Crippen LogP contribution in [0.4, 0.5) is 13.2 Å². The second-order valence-electron chi connectivity index (χ2n) is 6.52. The van der Waals surface area contributed by atoms with Gasteiger partial charge in [0.1, 0.15) is 11.3 Å². The molecule has 4 nitrogen and oxygen atoms in total. The number of hydrogen-bond donors (Lipinski definition) is 2. The number of pyridine rings is 1. The molecular formula is C22H19F3N2O2. The number of amides is 1. The van der Waals surface area contributed by atoms with Crippen LogP contribution in [-0.2, 0) is 12.6 Å². The van der Waals surface area contributed by atoms with Crippen molar-refractivity contribution in [2.45, 2.75) is 25.6 Å². The molecule has 3 rings (SSSR count). The number of H-pyrrole nitrogens is 1. The minimum Gasteiger partial charge on any atom is -0.341 e. The van der Waals surface area contributed by atoms with Gasteiger partial charge in [0.25, 0.3) is 11.5 Å². The highest BCUT2D eigenvalue weighted by Gasteiger charge is 2.32. The van der Waals surface area contributed by atoms with Gasteiger partial charge in [-0.15, -0.1) is 0 Å². The molecule has 2 aromatic carbocycles. The Morgan fingerprint density at radius 1 is 0.966 bits per heavy atom. The summed E-state index contributed by atoms with van der Waals surface area (Å²) in [5.74, 6) is -0.756.